The molecular weight excluding hydrogens is 411 g/mol. The Morgan fingerprint density at radius 2 is 1.96 bits per heavy atom. The normalized spacial score (nSPS) is 11.2. The molecule has 0 aliphatic rings. The van der Waals surface area contributed by atoms with Crippen molar-refractivity contribution < 1.29 is 22.7 Å². The molecule has 128 valence electrons. The highest BCUT2D eigenvalue weighted by molar-refractivity contribution is 9.10. The number of Topliss-reactive ketones (excluding diaryl/α,β-unsaturated/α-hetero) is 1. The van der Waals surface area contributed by atoms with Crippen LogP contribution in [0, 0.1) is 0 Å². The van der Waals surface area contributed by atoms with Crippen LogP contribution in [0.1, 0.15) is 15.9 Å². The Balaban J connectivity index is 2.11. The van der Waals surface area contributed by atoms with Gasteiger partial charge in [0.2, 0.25) is 0 Å². The fourth-order valence-corrected chi connectivity index (χ4v) is 2.74. The van der Waals surface area contributed by atoms with Crippen LogP contribution in [-0.2, 0) is 6.18 Å². The molecule has 2 aromatic rings. The number of methoxy groups -OCH3 is 1. The predicted octanol–water partition coefficient (Wildman–Crippen LogP) is 5.42. The van der Waals surface area contributed by atoms with Gasteiger partial charge in [0.1, 0.15) is 5.75 Å². The van der Waals surface area contributed by atoms with Crippen molar-refractivity contribution in [3.63, 3.8) is 0 Å². The third-order valence-corrected chi connectivity index (χ3v) is 4.15. The first-order valence-electron chi connectivity index (χ1n) is 6.69. The Morgan fingerprint density at radius 3 is 2.54 bits per heavy atom. The summed E-state index contributed by atoms with van der Waals surface area (Å²) in [6, 6.07) is 8.19. The number of ether oxygens (including phenoxy) is 1. The second kappa shape index (κ2) is 7.44. The van der Waals surface area contributed by atoms with E-state index in [2.05, 4.69) is 21.2 Å². The monoisotopic (exact) mass is 421 g/mol. The molecule has 0 aliphatic carbocycles. The molecule has 0 heterocycles. The van der Waals surface area contributed by atoms with E-state index in [0.29, 0.717) is 15.8 Å². The number of benzene rings is 2. The molecule has 0 fully saturated rings. The minimum Gasteiger partial charge on any atom is -0.496 e. The fourth-order valence-electron chi connectivity index (χ4n) is 1.98. The lowest BCUT2D eigenvalue weighted by atomic mass is 10.1. The number of rotatable bonds is 5. The first kappa shape index (κ1) is 18.6. The topological polar surface area (TPSA) is 38.3 Å². The fraction of sp³-hybridized carbons (Fsp3) is 0.188. The van der Waals surface area contributed by atoms with Gasteiger partial charge in [-0.1, -0.05) is 11.6 Å². The maximum Gasteiger partial charge on any atom is 0.417 e. The summed E-state index contributed by atoms with van der Waals surface area (Å²) in [5.41, 5.74) is -0.387. The third kappa shape index (κ3) is 4.42. The summed E-state index contributed by atoms with van der Waals surface area (Å²) in [4.78, 5) is 12.1. The van der Waals surface area contributed by atoms with Crippen molar-refractivity contribution in [2.24, 2.45) is 0 Å². The van der Waals surface area contributed by atoms with Crippen molar-refractivity contribution in [1.29, 1.82) is 0 Å². The van der Waals surface area contributed by atoms with E-state index >= 15 is 0 Å². The number of nitrogens with one attached hydrogen (secondary N) is 1. The summed E-state index contributed by atoms with van der Waals surface area (Å²) >= 11 is 8.83. The molecule has 0 radical (unpaired) electrons. The zero-order chi connectivity index (χ0) is 17.9. The van der Waals surface area contributed by atoms with E-state index in [9.17, 15) is 18.0 Å². The van der Waals surface area contributed by atoms with Crippen LogP contribution < -0.4 is 10.1 Å². The molecule has 0 saturated carbocycles. The van der Waals surface area contributed by atoms with Gasteiger partial charge in [0.25, 0.3) is 0 Å². The average molecular weight is 423 g/mol. The smallest absolute Gasteiger partial charge is 0.417 e. The summed E-state index contributed by atoms with van der Waals surface area (Å²) < 4.78 is 44.1. The average Bonchev–Trinajstić information content (AvgIpc) is 2.52. The minimum absolute atomic E-state index is 0.155. The highest BCUT2D eigenvalue weighted by Gasteiger charge is 2.33. The lowest BCUT2D eigenvalue weighted by Crippen LogP contribution is -2.15. The molecule has 8 heteroatoms. The molecular formula is C16H12BrClF3NO2. The maximum absolute atomic E-state index is 12.8. The summed E-state index contributed by atoms with van der Waals surface area (Å²) in [6.45, 7) is -0.155. The number of hydrogen-bond donors (Lipinski definition) is 1. The Bertz CT molecular complexity index is 765. The molecule has 0 spiro atoms. The predicted molar refractivity (Wildman–Crippen MR) is 90.0 cm³/mol. The zero-order valence-corrected chi connectivity index (χ0v) is 14.7. The van der Waals surface area contributed by atoms with Gasteiger partial charge in [-0.2, -0.15) is 13.2 Å². The second-order valence-electron chi connectivity index (χ2n) is 4.82. The lowest BCUT2D eigenvalue weighted by Gasteiger charge is -2.12. The van der Waals surface area contributed by atoms with Crippen LogP contribution in [0.3, 0.4) is 0 Å². The summed E-state index contributed by atoms with van der Waals surface area (Å²) in [5, 5.41) is 2.29. The first-order chi connectivity index (χ1) is 11.2. The van der Waals surface area contributed by atoms with E-state index < -0.39 is 16.8 Å². The summed E-state index contributed by atoms with van der Waals surface area (Å²) in [6.07, 6.45) is -4.56. The standard InChI is InChI=1S/C16H12BrClF3NO2/c1-24-15-5-2-9(6-12(15)17)14(23)8-22-10-3-4-13(18)11(7-10)16(19,20)21/h2-7,22H,8H2,1H3. The molecule has 0 atom stereocenters. The molecule has 1 N–H and O–H groups in total. The van der Waals surface area contributed by atoms with Gasteiger partial charge in [-0.25, -0.2) is 0 Å². The van der Waals surface area contributed by atoms with E-state index in [0.717, 1.165) is 12.1 Å². The van der Waals surface area contributed by atoms with Gasteiger partial charge < -0.3 is 10.1 Å². The van der Waals surface area contributed by atoms with Crippen molar-refractivity contribution in [3.8, 4) is 5.75 Å². The van der Waals surface area contributed by atoms with Crippen molar-refractivity contribution in [2.45, 2.75) is 6.18 Å². The van der Waals surface area contributed by atoms with Crippen molar-refractivity contribution in [1.82, 2.24) is 0 Å². The molecule has 2 rings (SSSR count). The second-order valence-corrected chi connectivity index (χ2v) is 6.08. The molecule has 2 aromatic carbocycles. The number of hydrogen-bond acceptors (Lipinski definition) is 3. The number of halogens is 5. The third-order valence-electron chi connectivity index (χ3n) is 3.20. The van der Waals surface area contributed by atoms with Gasteiger partial charge in [0.05, 0.1) is 28.7 Å². The van der Waals surface area contributed by atoms with Crippen LogP contribution in [0.5, 0.6) is 5.75 Å². The van der Waals surface area contributed by atoms with Crippen LogP contribution in [0.15, 0.2) is 40.9 Å². The van der Waals surface area contributed by atoms with Crippen LogP contribution >= 0.6 is 27.5 Å². The number of alkyl halides is 3. The van der Waals surface area contributed by atoms with Crippen LogP contribution in [0.2, 0.25) is 5.02 Å². The van der Waals surface area contributed by atoms with Gasteiger partial charge in [0, 0.05) is 11.3 Å². The number of anilines is 1. The summed E-state index contributed by atoms with van der Waals surface area (Å²) in [7, 11) is 1.50. The molecule has 0 amide bonds. The molecule has 0 unspecified atom stereocenters. The molecule has 0 bridgehead atoms. The summed E-state index contributed by atoms with van der Waals surface area (Å²) in [5.74, 6) is 0.300. The Labute approximate surface area is 149 Å². The van der Waals surface area contributed by atoms with Gasteiger partial charge in [-0.05, 0) is 52.3 Å². The number of ketones is 1. The minimum atomic E-state index is -4.56. The SMILES string of the molecule is COc1ccc(C(=O)CNc2ccc(Cl)c(C(F)(F)F)c2)cc1Br. The van der Waals surface area contributed by atoms with Gasteiger partial charge in [0.15, 0.2) is 5.78 Å². The van der Waals surface area contributed by atoms with Crippen molar-refractivity contribution >= 4 is 39.0 Å². The quantitative estimate of drug-likeness (QED) is 0.654. The molecule has 0 aliphatic heterocycles. The highest BCUT2D eigenvalue weighted by Crippen LogP contribution is 2.36. The van der Waals surface area contributed by atoms with E-state index in [4.69, 9.17) is 16.3 Å². The Kier molecular flexibility index (Phi) is 5.77. The molecule has 24 heavy (non-hydrogen) atoms. The zero-order valence-electron chi connectivity index (χ0n) is 12.4. The molecule has 0 saturated heterocycles. The number of carbonyl (C=O) groups excluding carboxylic acids is 1. The number of carbonyl (C=O) groups is 1. The van der Waals surface area contributed by atoms with Gasteiger partial charge in [-0.3, -0.25) is 4.79 Å². The van der Waals surface area contributed by atoms with Gasteiger partial charge in [-0.15, -0.1) is 0 Å². The van der Waals surface area contributed by atoms with Crippen LogP contribution in [-0.4, -0.2) is 19.4 Å². The highest BCUT2D eigenvalue weighted by atomic mass is 79.9. The Morgan fingerprint density at radius 1 is 1.25 bits per heavy atom. The molecule has 0 aromatic heterocycles. The van der Waals surface area contributed by atoms with Crippen LogP contribution in [0.4, 0.5) is 18.9 Å². The largest absolute Gasteiger partial charge is 0.496 e. The van der Waals surface area contributed by atoms with Crippen LogP contribution in [0.25, 0.3) is 0 Å². The lowest BCUT2D eigenvalue weighted by molar-refractivity contribution is -0.137. The van der Waals surface area contributed by atoms with Crippen molar-refractivity contribution in [3.05, 3.63) is 57.0 Å². The van der Waals surface area contributed by atoms with E-state index in [1.54, 1.807) is 18.2 Å². The van der Waals surface area contributed by atoms with Crippen molar-refractivity contribution in [2.75, 3.05) is 19.0 Å². The van der Waals surface area contributed by atoms with E-state index in [1.807, 2.05) is 0 Å². The maximum atomic E-state index is 12.8. The Hall–Kier alpha value is -1.73. The van der Waals surface area contributed by atoms with Gasteiger partial charge >= 0.3 is 6.18 Å². The molecule has 3 nitrogen and oxygen atoms in total. The van der Waals surface area contributed by atoms with E-state index in [1.165, 1.54) is 13.2 Å². The first-order valence-corrected chi connectivity index (χ1v) is 7.87. The van der Waals surface area contributed by atoms with E-state index in [-0.39, 0.29) is 18.0 Å².